The third-order valence-electron chi connectivity index (χ3n) is 5.00. The van der Waals surface area contributed by atoms with Crippen LogP contribution in [0.4, 0.5) is 10.5 Å². The van der Waals surface area contributed by atoms with Gasteiger partial charge in [-0.25, -0.2) is 4.79 Å². The highest BCUT2D eigenvalue weighted by molar-refractivity contribution is 6.06. The molecule has 0 spiro atoms. The topological polar surface area (TPSA) is 82.6 Å². The van der Waals surface area contributed by atoms with E-state index in [1.54, 1.807) is 6.07 Å². The first-order valence-corrected chi connectivity index (χ1v) is 8.19. The number of amides is 4. The minimum absolute atomic E-state index is 0.201. The quantitative estimate of drug-likeness (QED) is 0.801. The van der Waals surface area contributed by atoms with Crippen LogP contribution in [0.15, 0.2) is 30.3 Å². The number of anilines is 1. The van der Waals surface area contributed by atoms with Crippen molar-refractivity contribution in [1.29, 1.82) is 0 Å². The number of pyridine rings is 1. The van der Waals surface area contributed by atoms with Crippen molar-refractivity contribution in [1.82, 2.24) is 14.8 Å². The minimum Gasteiger partial charge on any atom is -0.323 e. The van der Waals surface area contributed by atoms with Crippen LogP contribution in [-0.4, -0.2) is 52.8 Å². The lowest BCUT2D eigenvalue weighted by Gasteiger charge is -2.20. The number of hydrogen-bond donors (Lipinski definition) is 1. The second-order valence-electron chi connectivity index (χ2n) is 6.61. The van der Waals surface area contributed by atoms with Crippen molar-refractivity contribution in [2.45, 2.75) is 6.92 Å². The summed E-state index contributed by atoms with van der Waals surface area (Å²) in [5.74, 6) is -1.24. The molecule has 2 fully saturated rings. The van der Waals surface area contributed by atoms with Crippen LogP contribution in [0, 0.1) is 18.8 Å². The maximum atomic E-state index is 12.6. The molecular weight excluding hydrogens is 320 g/mol. The zero-order valence-electron chi connectivity index (χ0n) is 14.0. The second kappa shape index (κ2) is 5.54. The smallest absolute Gasteiger partial charge is 0.321 e. The van der Waals surface area contributed by atoms with Crippen LogP contribution in [-0.2, 0) is 9.59 Å². The average Bonchev–Trinajstić information content (AvgIpc) is 3.12. The van der Waals surface area contributed by atoms with Gasteiger partial charge < -0.3 is 10.2 Å². The van der Waals surface area contributed by atoms with E-state index < -0.39 is 11.8 Å². The molecule has 128 valence electrons. The standard InChI is InChI=1S/C18H18N4O3/c1-10-6-7-11-4-3-5-14(15(11)19-10)20-18(25)22-8-12-13(9-22)17(24)21(2)16(12)23/h3-7,12-13H,8-9H2,1-2H3,(H,20,25)/t12-,13+. The van der Waals surface area contributed by atoms with E-state index in [0.717, 1.165) is 16.6 Å². The monoisotopic (exact) mass is 338 g/mol. The number of para-hydroxylation sites is 1. The molecule has 2 aliphatic heterocycles. The van der Waals surface area contributed by atoms with E-state index in [1.807, 2.05) is 31.2 Å². The highest BCUT2D eigenvalue weighted by Crippen LogP contribution is 2.33. The second-order valence-corrected chi connectivity index (χ2v) is 6.61. The Balaban J connectivity index is 1.55. The molecule has 25 heavy (non-hydrogen) atoms. The Bertz CT molecular complexity index is 886. The molecule has 0 radical (unpaired) electrons. The summed E-state index contributed by atoms with van der Waals surface area (Å²) in [5, 5.41) is 3.81. The lowest BCUT2D eigenvalue weighted by Crippen LogP contribution is -2.38. The molecule has 7 nitrogen and oxygen atoms in total. The van der Waals surface area contributed by atoms with E-state index >= 15 is 0 Å². The number of aromatic nitrogens is 1. The van der Waals surface area contributed by atoms with E-state index in [1.165, 1.54) is 16.8 Å². The molecule has 2 aliphatic rings. The summed E-state index contributed by atoms with van der Waals surface area (Å²) in [6.45, 7) is 2.43. The molecule has 4 amide bonds. The van der Waals surface area contributed by atoms with Crippen molar-refractivity contribution >= 4 is 34.4 Å². The Morgan fingerprint density at radius 2 is 1.80 bits per heavy atom. The fourth-order valence-corrected chi connectivity index (χ4v) is 3.62. The number of aryl methyl sites for hydroxylation is 1. The van der Waals surface area contributed by atoms with Gasteiger partial charge in [-0.15, -0.1) is 0 Å². The number of carbonyl (C=O) groups excluding carboxylic acids is 3. The van der Waals surface area contributed by atoms with E-state index in [0.29, 0.717) is 5.69 Å². The number of nitrogens with zero attached hydrogens (tertiary/aromatic N) is 3. The number of imide groups is 1. The Hall–Kier alpha value is -2.96. The molecule has 0 saturated carbocycles. The molecule has 2 saturated heterocycles. The minimum atomic E-state index is -0.420. The third kappa shape index (κ3) is 2.43. The van der Waals surface area contributed by atoms with Crippen LogP contribution in [0.2, 0.25) is 0 Å². The van der Waals surface area contributed by atoms with E-state index in [-0.39, 0.29) is 30.9 Å². The van der Waals surface area contributed by atoms with Crippen LogP contribution < -0.4 is 5.32 Å². The number of nitrogens with one attached hydrogen (secondary N) is 1. The van der Waals surface area contributed by atoms with Gasteiger partial charge in [-0.3, -0.25) is 19.5 Å². The molecule has 7 heteroatoms. The number of likely N-dealkylation sites (tertiary alicyclic amines) is 2. The average molecular weight is 338 g/mol. The lowest BCUT2D eigenvalue weighted by molar-refractivity contribution is -0.138. The third-order valence-corrected chi connectivity index (χ3v) is 5.00. The zero-order valence-corrected chi connectivity index (χ0v) is 14.0. The Kier molecular flexibility index (Phi) is 3.45. The summed E-state index contributed by atoms with van der Waals surface area (Å²) < 4.78 is 0. The molecule has 3 heterocycles. The van der Waals surface area contributed by atoms with Crippen LogP contribution in [0.25, 0.3) is 10.9 Å². The molecule has 2 aromatic rings. The lowest BCUT2D eigenvalue weighted by atomic mass is 10.00. The van der Waals surface area contributed by atoms with Gasteiger partial charge in [0.2, 0.25) is 11.8 Å². The van der Waals surface area contributed by atoms with Crippen molar-refractivity contribution in [3.05, 3.63) is 36.0 Å². The SMILES string of the molecule is Cc1ccc2cccc(NC(=O)N3C[C@@H]4C(=O)N(C)C(=O)[C@@H]4C3)c2n1. The summed E-state index contributed by atoms with van der Waals surface area (Å²) in [6, 6.07) is 9.16. The number of carbonyl (C=O) groups is 3. The van der Waals surface area contributed by atoms with Crippen LogP contribution in [0.5, 0.6) is 0 Å². The van der Waals surface area contributed by atoms with E-state index in [9.17, 15) is 14.4 Å². The van der Waals surface area contributed by atoms with Gasteiger partial charge in [0.25, 0.3) is 0 Å². The number of hydrogen-bond acceptors (Lipinski definition) is 4. The van der Waals surface area contributed by atoms with Crippen LogP contribution >= 0.6 is 0 Å². The van der Waals surface area contributed by atoms with Gasteiger partial charge >= 0.3 is 6.03 Å². The predicted molar refractivity (Wildman–Crippen MR) is 91.8 cm³/mol. The number of urea groups is 1. The van der Waals surface area contributed by atoms with Gasteiger partial charge in [0, 0.05) is 31.2 Å². The molecular formula is C18H18N4O3. The molecule has 0 unspecified atom stereocenters. The number of fused-ring (bicyclic) bond motifs is 2. The number of rotatable bonds is 1. The highest BCUT2D eigenvalue weighted by Gasteiger charge is 2.52. The van der Waals surface area contributed by atoms with Gasteiger partial charge in [0.15, 0.2) is 0 Å². The van der Waals surface area contributed by atoms with Crippen LogP contribution in [0.1, 0.15) is 5.69 Å². The maximum absolute atomic E-state index is 12.6. The van der Waals surface area contributed by atoms with Gasteiger partial charge in [-0.1, -0.05) is 18.2 Å². The van der Waals surface area contributed by atoms with Gasteiger partial charge in [0.05, 0.1) is 23.0 Å². The summed E-state index contributed by atoms with van der Waals surface area (Å²) >= 11 is 0. The Labute approximate surface area is 144 Å². The van der Waals surface area contributed by atoms with Gasteiger partial charge in [-0.05, 0) is 19.1 Å². The molecule has 1 aromatic heterocycles. The summed E-state index contributed by atoms with van der Waals surface area (Å²) in [6.07, 6.45) is 0. The summed E-state index contributed by atoms with van der Waals surface area (Å²) in [5.41, 5.74) is 2.21. The van der Waals surface area contributed by atoms with Crippen molar-refractivity contribution in [3.8, 4) is 0 Å². The van der Waals surface area contributed by atoms with E-state index in [4.69, 9.17) is 0 Å². The zero-order chi connectivity index (χ0) is 17.7. The first kappa shape index (κ1) is 15.6. The Morgan fingerprint density at radius 1 is 1.12 bits per heavy atom. The van der Waals surface area contributed by atoms with Crippen LogP contribution in [0.3, 0.4) is 0 Å². The molecule has 4 rings (SSSR count). The van der Waals surface area contributed by atoms with Crippen molar-refractivity contribution < 1.29 is 14.4 Å². The summed E-state index contributed by atoms with van der Waals surface area (Å²) in [4.78, 5) is 44.0. The predicted octanol–water partition coefficient (Wildman–Crippen LogP) is 1.62. The van der Waals surface area contributed by atoms with Gasteiger partial charge in [0.1, 0.15) is 0 Å². The highest BCUT2D eigenvalue weighted by atomic mass is 16.2. The molecule has 1 N–H and O–H groups in total. The van der Waals surface area contributed by atoms with Crippen molar-refractivity contribution in [3.63, 3.8) is 0 Å². The van der Waals surface area contributed by atoms with Gasteiger partial charge in [-0.2, -0.15) is 0 Å². The maximum Gasteiger partial charge on any atom is 0.321 e. The first-order valence-electron chi connectivity index (χ1n) is 8.19. The number of benzene rings is 1. The molecule has 0 bridgehead atoms. The fraction of sp³-hybridized carbons (Fsp3) is 0.333. The first-order chi connectivity index (χ1) is 12.0. The largest absolute Gasteiger partial charge is 0.323 e. The van der Waals surface area contributed by atoms with E-state index in [2.05, 4.69) is 10.3 Å². The molecule has 1 aromatic carbocycles. The van der Waals surface area contributed by atoms with Crippen molar-refractivity contribution in [2.75, 3.05) is 25.5 Å². The molecule has 0 aliphatic carbocycles. The summed E-state index contributed by atoms with van der Waals surface area (Å²) in [7, 11) is 1.50. The normalized spacial score (nSPS) is 22.6. The Morgan fingerprint density at radius 3 is 2.48 bits per heavy atom. The van der Waals surface area contributed by atoms with Crippen molar-refractivity contribution in [2.24, 2.45) is 11.8 Å². The fourth-order valence-electron chi connectivity index (χ4n) is 3.62. The molecule has 2 atom stereocenters.